The zero-order valence-corrected chi connectivity index (χ0v) is 14.6. The summed E-state index contributed by atoms with van der Waals surface area (Å²) >= 11 is 0. The summed E-state index contributed by atoms with van der Waals surface area (Å²) in [7, 11) is 0. The monoisotopic (exact) mass is 329 g/mol. The van der Waals surface area contributed by atoms with E-state index in [1.807, 2.05) is 12.1 Å². The second-order valence-electron chi connectivity index (χ2n) is 6.49. The summed E-state index contributed by atoms with van der Waals surface area (Å²) in [5.41, 5.74) is 1.11. The molecule has 24 heavy (non-hydrogen) atoms. The smallest absolute Gasteiger partial charge is 0.173 e. The van der Waals surface area contributed by atoms with Crippen LogP contribution in [0.25, 0.3) is 0 Å². The molecular formula is C18H27N5O. The van der Waals surface area contributed by atoms with Crippen molar-refractivity contribution < 1.29 is 5.11 Å². The molecule has 130 valence electrons. The van der Waals surface area contributed by atoms with Crippen molar-refractivity contribution in [2.24, 2.45) is 0 Å². The molecule has 0 bridgehead atoms. The minimum atomic E-state index is 0.0116. The van der Waals surface area contributed by atoms with E-state index in [1.54, 1.807) is 12.1 Å². The molecule has 3 rings (SSSR count). The first-order chi connectivity index (χ1) is 11.7. The standard InChI is InChI=1S/C18H27N5O/c1-3-22(4-2)17(14-10-12-16(24)13-11-14)18-19-20-21-23(18)15-8-6-5-7-9-15/h10-13,15,17,24H,3-9H2,1-2H3. The van der Waals surface area contributed by atoms with Crippen LogP contribution in [0.5, 0.6) is 5.75 Å². The molecule has 1 fully saturated rings. The van der Waals surface area contributed by atoms with E-state index in [0.717, 1.165) is 37.3 Å². The third-order valence-electron chi connectivity index (χ3n) is 5.07. The summed E-state index contributed by atoms with van der Waals surface area (Å²) in [5, 5.41) is 22.4. The Morgan fingerprint density at radius 3 is 2.42 bits per heavy atom. The van der Waals surface area contributed by atoms with Gasteiger partial charge in [-0.1, -0.05) is 45.2 Å². The second-order valence-corrected chi connectivity index (χ2v) is 6.49. The van der Waals surface area contributed by atoms with Gasteiger partial charge in [0.1, 0.15) is 5.75 Å². The summed E-state index contributed by atoms with van der Waals surface area (Å²) < 4.78 is 2.05. The molecule has 6 nitrogen and oxygen atoms in total. The van der Waals surface area contributed by atoms with Gasteiger partial charge in [-0.25, -0.2) is 4.68 Å². The molecule has 0 amide bonds. The van der Waals surface area contributed by atoms with E-state index in [-0.39, 0.29) is 11.8 Å². The molecule has 1 atom stereocenters. The average molecular weight is 329 g/mol. The lowest BCUT2D eigenvalue weighted by atomic mass is 9.95. The third-order valence-corrected chi connectivity index (χ3v) is 5.07. The number of hydrogen-bond acceptors (Lipinski definition) is 5. The van der Waals surface area contributed by atoms with Crippen molar-refractivity contribution in [2.75, 3.05) is 13.1 Å². The van der Waals surface area contributed by atoms with E-state index in [2.05, 4.69) is 39.0 Å². The van der Waals surface area contributed by atoms with Gasteiger partial charge in [-0.3, -0.25) is 4.90 Å². The normalized spacial score (nSPS) is 17.3. The van der Waals surface area contributed by atoms with Crippen LogP contribution in [-0.2, 0) is 0 Å². The lowest BCUT2D eigenvalue weighted by Gasteiger charge is -2.31. The van der Waals surface area contributed by atoms with Gasteiger partial charge in [-0.05, 0) is 54.1 Å². The fraction of sp³-hybridized carbons (Fsp3) is 0.611. The van der Waals surface area contributed by atoms with Gasteiger partial charge in [0, 0.05) is 0 Å². The summed E-state index contributed by atoms with van der Waals surface area (Å²) in [4.78, 5) is 2.36. The maximum absolute atomic E-state index is 9.62. The molecule has 1 N–H and O–H groups in total. The highest BCUT2D eigenvalue weighted by Crippen LogP contribution is 2.33. The van der Waals surface area contributed by atoms with Crippen LogP contribution in [-0.4, -0.2) is 43.3 Å². The first kappa shape index (κ1) is 16.9. The van der Waals surface area contributed by atoms with E-state index >= 15 is 0 Å². The van der Waals surface area contributed by atoms with E-state index < -0.39 is 0 Å². The van der Waals surface area contributed by atoms with Crippen LogP contribution in [0.1, 0.15) is 69.4 Å². The Labute approximate surface area is 143 Å². The fourth-order valence-corrected chi connectivity index (χ4v) is 3.73. The number of rotatable bonds is 6. The minimum absolute atomic E-state index is 0.0116. The van der Waals surface area contributed by atoms with Crippen molar-refractivity contribution >= 4 is 0 Å². The molecule has 1 aromatic carbocycles. The van der Waals surface area contributed by atoms with Gasteiger partial charge in [0.25, 0.3) is 0 Å². The first-order valence-corrected chi connectivity index (χ1v) is 9.05. The summed E-state index contributed by atoms with van der Waals surface area (Å²) in [6.45, 7) is 6.15. The van der Waals surface area contributed by atoms with Crippen molar-refractivity contribution in [1.29, 1.82) is 0 Å². The molecular weight excluding hydrogens is 302 g/mol. The molecule has 0 aliphatic heterocycles. The predicted molar refractivity (Wildman–Crippen MR) is 92.8 cm³/mol. The molecule has 2 aromatic rings. The van der Waals surface area contributed by atoms with Gasteiger partial charge in [-0.15, -0.1) is 5.10 Å². The Kier molecular flexibility index (Phi) is 5.45. The highest BCUT2D eigenvalue weighted by molar-refractivity contribution is 5.31. The van der Waals surface area contributed by atoms with Crippen LogP contribution < -0.4 is 0 Å². The number of hydrogen-bond donors (Lipinski definition) is 1. The molecule has 0 spiro atoms. The molecule has 1 heterocycles. The van der Waals surface area contributed by atoms with E-state index in [1.165, 1.54) is 19.3 Å². The minimum Gasteiger partial charge on any atom is -0.508 e. The van der Waals surface area contributed by atoms with E-state index in [9.17, 15) is 5.11 Å². The van der Waals surface area contributed by atoms with Crippen molar-refractivity contribution in [3.05, 3.63) is 35.7 Å². The molecule has 1 unspecified atom stereocenters. The zero-order chi connectivity index (χ0) is 16.9. The SMILES string of the molecule is CCN(CC)C(c1ccc(O)cc1)c1nnnn1C1CCCCC1. The molecule has 1 aliphatic carbocycles. The van der Waals surface area contributed by atoms with Gasteiger partial charge < -0.3 is 5.11 Å². The van der Waals surface area contributed by atoms with Crippen molar-refractivity contribution in [1.82, 2.24) is 25.1 Å². The average Bonchev–Trinajstić information content (AvgIpc) is 3.10. The van der Waals surface area contributed by atoms with Crippen LogP contribution in [0, 0.1) is 0 Å². The summed E-state index contributed by atoms with van der Waals surface area (Å²) in [6, 6.07) is 7.83. The lowest BCUT2D eigenvalue weighted by molar-refractivity contribution is 0.223. The zero-order valence-electron chi connectivity index (χ0n) is 14.6. The molecule has 1 saturated carbocycles. The second kappa shape index (κ2) is 7.75. The van der Waals surface area contributed by atoms with Gasteiger partial charge in [0.05, 0.1) is 12.1 Å². The van der Waals surface area contributed by atoms with Crippen LogP contribution in [0.15, 0.2) is 24.3 Å². The molecule has 1 aromatic heterocycles. The fourth-order valence-electron chi connectivity index (χ4n) is 3.73. The van der Waals surface area contributed by atoms with Gasteiger partial charge >= 0.3 is 0 Å². The predicted octanol–water partition coefficient (Wildman–Crippen LogP) is 3.32. The van der Waals surface area contributed by atoms with E-state index in [0.29, 0.717) is 6.04 Å². The van der Waals surface area contributed by atoms with Crippen molar-refractivity contribution in [3.63, 3.8) is 0 Å². The Hall–Kier alpha value is -1.95. The number of aromatic hydroxyl groups is 1. The Bertz CT molecular complexity index is 629. The van der Waals surface area contributed by atoms with Gasteiger partial charge in [-0.2, -0.15) is 0 Å². The van der Waals surface area contributed by atoms with E-state index in [4.69, 9.17) is 0 Å². The molecule has 0 saturated heterocycles. The highest BCUT2D eigenvalue weighted by Gasteiger charge is 2.29. The largest absolute Gasteiger partial charge is 0.508 e. The highest BCUT2D eigenvalue weighted by atomic mass is 16.3. The molecule has 0 radical (unpaired) electrons. The number of benzene rings is 1. The number of nitrogens with zero attached hydrogens (tertiary/aromatic N) is 5. The van der Waals surface area contributed by atoms with Crippen LogP contribution in [0.4, 0.5) is 0 Å². The van der Waals surface area contributed by atoms with Gasteiger partial charge in [0.15, 0.2) is 5.82 Å². The first-order valence-electron chi connectivity index (χ1n) is 9.05. The summed E-state index contributed by atoms with van der Waals surface area (Å²) in [5.74, 6) is 1.19. The molecule has 6 heteroatoms. The van der Waals surface area contributed by atoms with Crippen LogP contribution in [0.2, 0.25) is 0 Å². The number of phenols is 1. The Morgan fingerprint density at radius 2 is 1.79 bits per heavy atom. The number of tetrazole rings is 1. The maximum atomic E-state index is 9.62. The quantitative estimate of drug-likeness (QED) is 0.880. The summed E-state index contributed by atoms with van der Waals surface area (Å²) in [6.07, 6.45) is 6.11. The lowest BCUT2D eigenvalue weighted by Crippen LogP contribution is -2.32. The topological polar surface area (TPSA) is 67.1 Å². The van der Waals surface area contributed by atoms with Crippen molar-refractivity contribution in [2.45, 2.75) is 58.0 Å². The van der Waals surface area contributed by atoms with Gasteiger partial charge in [0.2, 0.25) is 0 Å². The number of aromatic nitrogens is 4. The van der Waals surface area contributed by atoms with Crippen LogP contribution >= 0.6 is 0 Å². The maximum Gasteiger partial charge on any atom is 0.173 e. The number of phenolic OH excluding ortho intramolecular Hbond substituents is 1. The molecule has 1 aliphatic rings. The Morgan fingerprint density at radius 1 is 1.12 bits per heavy atom. The third kappa shape index (κ3) is 3.43. The van der Waals surface area contributed by atoms with Crippen LogP contribution in [0.3, 0.4) is 0 Å². The van der Waals surface area contributed by atoms with Crippen molar-refractivity contribution in [3.8, 4) is 5.75 Å². The Balaban J connectivity index is 1.99.